The van der Waals surface area contributed by atoms with Crippen LogP contribution >= 0.6 is 11.3 Å². The predicted octanol–water partition coefficient (Wildman–Crippen LogP) is 0.146. The molecule has 3 N–H and O–H groups in total. The van der Waals surface area contributed by atoms with Gasteiger partial charge in [-0.25, -0.2) is 4.98 Å². The molecule has 0 saturated heterocycles. The molecule has 7 heteroatoms. The minimum atomic E-state index is -0.329. The lowest BCUT2D eigenvalue weighted by Gasteiger charge is -1.98. The number of aromatic nitrogens is 1. The van der Waals surface area contributed by atoms with Crippen LogP contribution in [-0.2, 0) is 20.7 Å². The number of carbonyl (C=O) groups is 2. The van der Waals surface area contributed by atoms with E-state index in [0.29, 0.717) is 17.4 Å². The molecule has 1 heterocycles. The highest BCUT2D eigenvalue weighted by Crippen LogP contribution is 2.15. The van der Waals surface area contributed by atoms with Crippen LogP contribution in [0.5, 0.6) is 0 Å². The largest absolute Gasteiger partial charge is 0.466 e. The Morgan fingerprint density at radius 2 is 2.38 bits per heavy atom. The van der Waals surface area contributed by atoms with Crippen molar-refractivity contribution in [2.45, 2.75) is 13.3 Å². The topological polar surface area (TPSA) is 94.3 Å². The minimum absolute atomic E-state index is 0.0905. The molecule has 0 fully saturated rings. The monoisotopic (exact) mass is 243 g/mol. The number of hydrogen-bond donors (Lipinski definition) is 2. The fourth-order valence-electron chi connectivity index (χ4n) is 0.976. The van der Waals surface area contributed by atoms with Gasteiger partial charge in [0.15, 0.2) is 5.13 Å². The highest BCUT2D eigenvalue weighted by Gasteiger charge is 2.09. The third kappa shape index (κ3) is 3.95. The summed E-state index contributed by atoms with van der Waals surface area (Å²) in [5, 5.41) is 4.65. The first-order valence-electron chi connectivity index (χ1n) is 4.75. The average molecular weight is 243 g/mol. The Bertz CT molecular complexity index is 378. The molecular weight excluding hydrogens is 230 g/mol. The Morgan fingerprint density at radius 3 is 3.00 bits per heavy atom. The second-order valence-corrected chi connectivity index (χ2v) is 3.74. The zero-order valence-electron chi connectivity index (χ0n) is 8.86. The van der Waals surface area contributed by atoms with E-state index in [9.17, 15) is 9.59 Å². The highest BCUT2D eigenvalue weighted by atomic mass is 32.1. The van der Waals surface area contributed by atoms with Crippen LogP contribution in [-0.4, -0.2) is 30.0 Å². The number of nitrogens with zero attached hydrogens (tertiary/aromatic N) is 1. The first-order valence-corrected chi connectivity index (χ1v) is 5.63. The molecule has 0 atom stereocenters. The van der Waals surface area contributed by atoms with Crippen molar-refractivity contribution in [3.8, 4) is 0 Å². The molecule has 1 amide bonds. The third-order valence-electron chi connectivity index (χ3n) is 1.61. The van der Waals surface area contributed by atoms with Crippen molar-refractivity contribution in [3.63, 3.8) is 0 Å². The van der Waals surface area contributed by atoms with Crippen LogP contribution in [0.2, 0.25) is 0 Å². The normalized spacial score (nSPS) is 9.88. The van der Waals surface area contributed by atoms with E-state index in [1.54, 1.807) is 12.3 Å². The van der Waals surface area contributed by atoms with Gasteiger partial charge < -0.3 is 15.8 Å². The average Bonchev–Trinajstić information content (AvgIpc) is 2.65. The zero-order chi connectivity index (χ0) is 12.0. The quantitative estimate of drug-likeness (QED) is 0.718. The van der Waals surface area contributed by atoms with Crippen molar-refractivity contribution >= 4 is 28.3 Å². The maximum Gasteiger partial charge on any atom is 0.311 e. The van der Waals surface area contributed by atoms with Gasteiger partial charge in [-0.15, -0.1) is 11.3 Å². The molecule has 0 radical (unpaired) electrons. The van der Waals surface area contributed by atoms with Crippen LogP contribution in [0.25, 0.3) is 0 Å². The summed E-state index contributed by atoms with van der Waals surface area (Å²) in [7, 11) is 0. The molecular formula is C9H13N3O3S. The molecule has 1 aromatic heterocycles. The van der Waals surface area contributed by atoms with E-state index in [2.05, 4.69) is 10.3 Å². The number of rotatable bonds is 5. The van der Waals surface area contributed by atoms with Gasteiger partial charge in [-0.1, -0.05) is 0 Å². The molecule has 16 heavy (non-hydrogen) atoms. The van der Waals surface area contributed by atoms with Gasteiger partial charge in [0.05, 0.1) is 25.3 Å². The maximum absolute atomic E-state index is 11.1. The van der Waals surface area contributed by atoms with E-state index in [-0.39, 0.29) is 24.8 Å². The molecule has 0 aliphatic heterocycles. The molecule has 0 saturated carbocycles. The van der Waals surface area contributed by atoms with Gasteiger partial charge in [-0.3, -0.25) is 9.59 Å². The van der Waals surface area contributed by atoms with Crippen molar-refractivity contribution in [1.82, 2.24) is 4.98 Å². The molecule has 0 aliphatic carbocycles. The standard InChI is InChI=1S/C9H13N3O3S/c1-2-15-8(14)3-6-5-16-9(11-6)12-7(13)4-10/h5H,2-4,10H2,1H3,(H,11,12,13). The van der Waals surface area contributed by atoms with Gasteiger partial charge in [0.2, 0.25) is 5.91 Å². The summed E-state index contributed by atoms with van der Waals surface area (Å²) >= 11 is 1.25. The molecule has 1 rings (SSSR count). The van der Waals surface area contributed by atoms with E-state index >= 15 is 0 Å². The van der Waals surface area contributed by atoms with Crippen LogP contribution in [0.1, 0.15) is 12.6 Å². The fourth-order valence-corrected chi connectivity index (χ4v) is 1.70. The van der Waals surface area contributed by atoms with Crippen molar-refractivity contribution in [1.29, 1.82) is 0 Å². The lowest BCUT2D eigenvalue weighted by Crippen LogP contribution is -2.21. The molecule has 6 nitrogen and oxygen atoms in total. The van der Waals surface area contributed by atoms with E-state index in [1.165, 1.54) is 11.3 Å². The number of thiazole rings is 1. The lowest BCUT2D eigenvalue weighted by molar-refractivity contribution is -0.142. The van der Waals surface area contributed by atoms with Crippen LogP contribution < -0.4 is 11.1 Å². The van der Waals surface area contributed by atoms with E-state index in [1.807, 2.05) is 0 Å². The van der Waals surface area contributed by atoms with Gasteiger partial charge in [-0.05, 0) is 6.92 Å². The van der Waals surface area contributed by atoms with Crippen molar-refractivity contribution in [2.24, 2.45) is 5.73 Å². The van der Waals surface area contributed by atoms with Gasteiger partial charge in [0, 0.05) is 5.38 Å². The van der Waals surface area contributed by atoms with E-state index in [4.69, 9.17) is 10.5 Å². The lowest BCUT2D eigenvalue weighted by atomic mass is 10.3. The number of esters is 1. The second-order valence-electron chi connectivity index (χ2n) is 2.88. The molecule has 0 unspecified atom stereocenters. The molecule has 0 aliphatic rings. The summed E-state index contributed by atoms with van der Waals surface area (Å²) in [5.41, 5.74) is 5.72. The Kier molecular flexibility index (Phi) is 4.87. The predicted molar refractivity (Wildman–Crippen MR) is 60.1 cm³/mol. The van der Waals surface area contributed by atoms with Crippen LogP contribution in [0, 0.1) is 0 Å². The van der Waals surface area contributed by atoms with E-state index in [0.717, 1.165) is 0 Å². The fraction of sp³-hybridized carbons (Fsp3) is 0.444. The van der Waals surface area contributed by atoms with E-state index < -0.39 is 0 Å². The SMILES string of the molecule is CCOC(=O)Cc1csc(NC(=O)CN)n1. The van der Waals surface area contributed by atoms with Crippen LogP contribution in [0.15, 0.2) is 5.38 Å². The summed E-state index contributed by atoms with van der Waals surface area (Å²) in [6.45, 7) is 2.00. The first-order chi connectivity index (χ1) is 7.65. The third-order valence-corrected chi connectivity index (χ3v) is 2.42. The minimum Gasteiger partial charge on any atom is -0.466 e. The maximum atomic E-state index is 11.1. The van der Waals surface area contributed by atoms with Gasteiger partial charge in [0.25, 0.3) is 0 Å². The summed E-state index contributed by atoms with van der Waals surface area (Å²) in [6, 6.07) is 0. The highest BCUT2D eigenvalue weighted by molar-refractivity contribution is 7.13. The molecule has 0 bridgehead atoms. The number of carbonyl (C=O) groups excluding carboxylic acids is 2. The second kappa shape index (κ2) is 6.19. The Hall–Kier alpha value is -1.47. The van der Waals surface area contributed by atoms with Crippen LogP contribution in [0.3, 0.4) is 0 Å². The number of amides is 1. The smallest absolute Gasteiger partial charge is 0.311 e. The number of hydrogen-bond acceptors (Lipinski definition) is 6. The molecule has 88 valence electrons. The van der Waals surface area contributed by atoms with Crippen molar-refractivity contribution in [3.05, 3.63) is 11.1 Å². The molecule has 0 aromatic carbocycles. The summed E-state index contributed by atoms with van der Waals surface area (Å²) in [6.07, 6.45) is 0.114. The first kappa shape index (κ1) is 12.6. The van der Waals surface area contributed by atoms with Gasteiger partial charge in [-0.2, -0.15) is 0 Å². The molecule has 1 aromatic rings. The van der Waals surface area contributed by atoms with Gasteiger partial charge >= 0.3 is 5.97 Å². The van der Waals surface area contributed by atoms with Crippen LogP contribution in [0.4, 0.5) is 5.13 Å². The Balaban J connectivity index is 2.51. The Morgan fingerprint density at radius 1 is 1.62 bits per heavy atom. The molecule has 0 spiro atoms. The number of ether oxygens (including phenoxy) is 1. The number of nitrogens with one attached hydrogen (secondary N) is 1. The van der Waals surface area contributed by atoms with Gasteiger partial charge in [0.1, 0.15) is 0 Å². The van der Waals surface area contributed by atoms with Crippen molar-refractivity contribution < 1.29 is 14.3 Å². The summed E-state index contributed by atoms with van der Waals surface area (Å²) in [4.78, 5) is 26.1. The number of nitrogens with two attached hydrogens (primary N) is 1. The summed E-state index contributed by atoms with van der Waals surface area (Å²) in [5.74, 6) is -0.637. The summed E-state index contributed by atoms with van der Waals surface area (Å²) < 4.78 is 4.78. The Labute approximate surface area is 96.8 Å². The zero-order valence-corrected chi connectivity index (χ0v) is 9.67. The van der Waals surface area contributed by atoms with Crippen molar-refractivity contribution in [2.75, 3.05) is 18.5 Å². The number of anilines is 1.